The summed E-state index contributed by atoms with van der Waals surface area (Å²) >= 11 is 0. The van der Waals surface area contributed by atoms with Crippen molar-refractivity contribution >= 4 is 23.4 Å². The van der Waals surface area contributed by atoms with Crippen LogP contribution < -0.4 is 20.9 Å². The van der Waals surface area contributed by atoms with E-state index >= 15 is 0 Å². The van der Waals surface area contributed by atoms with Crippen LogP contribution in [0.4, 0.5) is 5.69 Å². The fourth-order valence-corrected chi connectivity index (χ4v) is 2.31. The van der Waals surface area contributed by atoms with Crippen LogP contribution >= 0.6 is 0 Å². The molecule has 28 heavy (non-hydrogen) atoms. The van der Waals surface area contributed by atoms with Gasteiger partial charge in [-0.25, -0.2) is 0 Å². The van der Waals surface area contributed by atoms with Gasteiger partial charge in [0.1, 0.15) is 5.75 Å². The summed E-state index contributed by atoms with van der Waals surface area (Å²) in [6.07, 6.45) is 0.956. The van der Waals surface area contributed by atoms with Crippen LogP contribution in [-0.4, -0.2) is 24.3 Å². The Labute approximate surface area is 164 Å². The smallest absolute Gasteiger partial charge is 0.269 e. The Morgan fingerprint density at radius 1 is 0.929 bits per heavy atom. The van der Waals surface area contributed by atoms with E-state index in [1.165, 1.54) is 13.0 Å². The van der Waals surface area contributed by atoms with Crippen molar-refractivity contribution in [2.75, 3.05) is 11.9 Å². The quantitative estimate of drug-likeness (QED) is 0.640. The number of hydrogen-bond donors (Lipinski definition) is 3. The Morgan fingerprint density at radius 3 is 2.18 bits per heavy atom. The molecule has 0 atom stereocenters. The van der Waals surface area contributed by atoms with Crippen LogP contribution in [0.25, 0.3) is 0 Å². The largest absolute Gasteiger partial charge is 0.494 e. The second-order valence-electron chi connectivity index (χ2n) is 6.73. The van der Waals surface area contributed by atoms with Gasteiger partial charge in [0, 0.05) is 23.7 Å². The first-order valence-corrected chi connectivity index (χ1v) is 9.06. The molecular formula is C21H25N3O4. The minimum atomic E-state index is -0.491. The fourth-order valence-electron chi connectivity index (χ4n) is 2.31. The summed E-state index contributed by atoms with van der Waals surface area (Å²) in [6, 6.07) is 13.1. The first kappa shape index (κ1) is 21.0. The molecule has 0 aromatic heterocycles. The third kappa shape index (κ3) is 6.75. The zero-order chi connectivity index (χ0) is 20.5. The van der Waals surface area contributed by atoms with Crippen LogP contribution in [0.2, 0.25) is 0 Å². The molecule has 0 saturated carbocycles. The lowest BCUT2D eigenvalue weighted by Crippen LogP contribution is -2.41. The number of hydrazine groups is 1. The van der Waals surface area contributed by atoms with Crippen molar-refractivity contribution in [2.24, 2.45) is 5.92 Å². The third-order valence-corrected chi connectivity index (χ3v) is 3.82. The molecule has 3 N–H and O–H groups in total. The summed E-state index contributed by atoms with van der Waals surface area (Å²) in [7, 11) is 0. The number of nitrogens with one attached hydrogen (secondary N) is 3. The molecule has 2 rings (SSSR count). The van der Waals surface area contributed by atoms with E-state index in [2.05, 4.69) is 30.0 Å². The molecule has 0 aliphatic heterocycles. The molecule has 7 heteroatoms. The summed E-state index contributed by atoms with van der Waals surface area (Å²) < 4.78 is 5.61. The molecule has 7 nitrogen and oxygen atoms in total. The highest BCUT2D eigenvalue weighted by molar-refractivity contribution is 6.00. The van der Waals surface area contributed by atoms with Gasteiger partial charge in [0.05, 0.1) is 6.61 Å². The van der Waals surface area contributed by atoms with Crippen molar-refractivity contribution in [3.05, 3.63) is 59.7 Å². The topological polar surface area (TPSA) is 96.5 Å². The molecule has 0 fully saturated rings. The highest BCUT2D eigenvalue weighted by atomic mass is 16.5. The molecule has 0 unspecified atom stereocenters. The fraction of sp³-hybridized carbons (Fsp3) is 0.286. The van der Waals surface area contributed by atoms with Gasteiger partial charge in [0.15, 0.2) is 0 Å². The van der Waals surface area contributed by atoms with E-state index in [0.717, 1.165) is 6.42 Å². The summed E-state index contributed by atoms with van der Waals surface area (Å²) in [4.78, 5) is 35.5. The molecule has 0 radical (unpaired) electrons. The molecular weight excluding hydrogens is 358 g/mol. The van der Waals surface area contributed by atoms with Crippen molar-refractivity contribution in [1.29, 1.82) is 0 Å². The first-order chi connectivity index (χ1) is 13.3. The minimum absolute atomic E-state index is 0.234. The normalized spacial score (nSPS) is 10.3. The Hall–Kier alpha value is -3.35. The van der Waals surface area contributed by atoms with E-state index in [1.807, 2.05) is 0 Å². The van der Waals surface area contributed by atoms with Gasteiger partial charge in [-0.15, -0.1) is 0 Å². The van der Waals surface area contributed by atoms with Gasteiger partial charge >= 0.3 is 0 Å². The lowest BCUT2D eigenvalue weighted by Gasteiger charge is -2.10. The van der Waals surface area contributed by atoms with Crippen molar-refractivity contribution in [2.45, 2.75) is 27.2 Å². The molecule has 0 spiro atoms. The average molecular weight is 383 g/mol. The Bertz CT molecular complexity index is 832. The van der Waals surface area contributed by atoms with Crippen LogP contribution in [0.5, 0.6) is 5.75 Å². The second-order valence-corrected chi connectivity index (χ2v) is 6.73. The summed E-state index contributed by atoms with van der Waals surface area (Å²) in [6.45, 7) is 6.26. The first-order valence-electron chi connectivity index (χ1n) is 9.06. The van der Waals surface area contributed by atoms with E-state index in [0.29, 0.717) is 35.1 Å². The van der Waals surface area contributed by atoms with E-state index in [-0.39, 0.29) is 5.91 Å². The molecule has 0 aliphatic rings. The Balaban J connectivity index is 1.87. The monoisotopic (exact) mass is 383 g/mol. The van der Waals surface area contributed by atoms with Gasteiger partial charge in [-0.1, -0.05) is 19.9 Å². The van der Waals surface area contributed by atoms with E-state index < -0.39 is 11.8 Å². The molecule has 0 aliphatic carbocycles. The van der Waals surface area contributed by atoms with Gasteiger partial charge in [0.2, 0.25) is 5.91 Å². The highest BCUT2D eigenvalue weighted by Gasteiger charge is 2.10. The minimum Gasteiger partial charge on any atom is -0.494 e. The number of rotatable bonds is 7. The van der Waals surface area contributed by atoms with Gasteiger partial charge in [0.25, 0.3) is 11.8 Å². The summed E-state index contributed by atoms with van der Waals surface area (Å²) in [5.41, 5.74) is 5.92. The second kappa shape index (κ2) is 10.1. The number of hydrogen-bond acceptors (Lipinski definition) is 4. The summed E-state index contributed by atoms with van der Waals surface area (Å²) in [5, 5.41) is 2.60. The van der Waals surface area contributed by atoms with Crippen LogP contribution in [0.1, 0.15) is 47.9 Å². The van der Waals surface area contributed by atoms with Crippen molar-refractivity contribution in [3.8, 4) is 5.75 Å². The van der Waals surface area contributed by atoms with E-state index in [4.69, 9.17) is 4.74 Å². The van der Waals surface area contributed by atoms with E-state index in [9.17, 15) is 14.4 Å². The predicted octanol–water partition coefficient (Wildman–Crippen LogP) is 3.14. The van der Waals surface area contributed by atoms with E-state index in [1.54, 1.807) is 42.5 Å². The molecule has 0 heterocycles. The summed E-state index contributed by atoms with van der Waals surface area (Å²) in [5.74, 6) is 0.0837. The maximum absolute atomic E-state index is 12.2. The molecule has 0 bridgehead atoms. The Morgan fingerprint density at radius 2 is 1.57 bits per heavy atom. The van der Waals surface area contributed by atoms with Crippen LogP contribution in [0.15, 0.2) is 48.5 Å². The molecule has 0 saturated heterocycles. The number of amides is 3. The van der Waals surface area contributed by atoms with Gasteiger partial charge in [-0.3, -0.25) is 25.2 Å². The lowest BCUT2D eigenvalue weighted by atomic mass is 10.1. The highest BCUT2D eigenvalue weighted by Crippen LogP contribution is 2.13. The number of benzene rings is 2. The SMILES string of the molecule is CC(=O)Nc1cccc(C(=O)NNC(=O)c2ccc(OCCC(C)C)cc2)c1. The lowest BCUT2D eigenvalue weighted by molar-refractivity contribution is -0.114. The number of anilines is 1. The number of carbonyl (C=O) groups excluding carboxylic acids is 3. The van der Waals surface area contributed by atoms with Crippen molar-refractivity contribution < 1.29 is 19.1 Å². The number of carbonyl (C=O) groups is 3. The zero-order valence-corrected chi connectivity index (χ0v) is 16.2. The molecule has 148 valence electrons. The average Bonchev–Trinajstić information content (AvgIpc) is 2.66. The van der Waals surface area contributed by atoms with Crippen LogP contribution in [-0.2, 0) is 4.79 Å². The van der Waals surface area contributed by atoms with Gasteiger partial charge < -0.3 is 10.1 Å². The van der Waals surface area contributed by atoms with Crippen molar-refractivity contribution in [1.82, 2.24) is 10.9 Å². The molecule has 3 amide bonds. The maximum atomic E-state index is 12.2. The van der Waals surface area contributed by atoms with Crippen LogP contribution in [0, 0.1) is 5.92 Å². The molecule has 2 aromatic rings. The number of ether oxygens (including phenoxy) is 1. The molecule has 2 aromatic carbocycles. The van der Waals surface area contributed by atoms with Gasteiger partial charge in [-0.2, -0.15) is 0 Å². The third-order valence-electron chi connectivity index (χ3n) is 3.82. The maximum Gasteiger partial charge on any atom is 0.269 e. The van der Waals surface area contributed by atoms with Crippen molar-refractivity contribution in [3.63, 3.8) is 0 Å². The standard InChI is InChI=1S/C21H25N3O4/c1-14(2)11-12-28-19-9-7-16(8-10-19)20(26)23-24-21(27)17-5-4-6-18(13-17)22-15(3)25/h4-10,13-14H,11-12H2,1-3H3,(H,22,25)(H,23,26)(H,24,27). The van der Waals surface area contributed by atoms with Gasteiger partial charge in [-0.05, 0) is 54.8 Å². The zero-order valence-electron chi connectivity index (χ0n) is 16.2. The predicted molar refractivity (Wildman–Crippen MR) is 107 cm³/mol. The van der Waals surface area contributed by atoms with Crippen LogP contribution in [0.3, 0.4) is 0 Å². The Kier molecular flexibility index (Phi) is 7.56.